The van der Waals surface area contributed by atoms with Gasteiger partial charge in [-0.3, -0.25) is 4.79 Å². The summed E-state index contributed by atoms with van der Waals surface area (Å²) in [5.74, 6) is 0.284. The van der Waals surface area contributed by atoms with Crippen LogP contribution < -0.4 is 0 Å². The van der Waals surface area contributed by atoms with E-state index in [4.69, 9.17) is 20.4 Å². The molecular weight excluding hydrogens is 172 g/mol. The van der Waals surface area contributed by atoms with Crippen molar-refractivity contribution in [2.45, 2.75) is 19.3 Å². The van der Waals surface area contributed by atoms with Gasteiger partial charge in [0.05, 0.1) is 0 Å². The highest BCUT2D eigenvalue weighted by Crippen LogP contribution is 2.04. The van der Waals surface area contributed by atoms with Gasteiger partial charge in [0.15, 0.2) is 5.78 Å². The number of hydrogen-bond donors (Lipinski definition) is 2. The molecule has 0 saturated heterocycles. The van der Waals surface area contributed by atoms with E-state index in [1.54, 1.807) is 6.08 Å². The van der Waals surface area contributed by atoms with E-state index < -0.39 is 0 Å². The predicted octanol–water partition coefficient (Wildman–Crippen LogP) is 1.10. The van der Waals surface area contributed by atoms with Gasteiger partial charge in [0.1, 0.15) is 0 Å². The lowest BCUT2D eigenvalue weighted by Crippen LogP contribution is -1.95. The first-order valence-electron chi connectivity index (χ1n) is 3.50. The first-order valence-corrected chi connectivity index (χ1v) is 3.50. The average molecular weight is 182 g/mol. The molecule has 1 aliphatic carbocycles. The van der Waals surface area contributed by atoms with Crippen LogP contribution in [0.4, 0.5) is 0 Å². The summed E-state index contributed by atoms with van der Waals surface area (Å²) in [7, 11) is 0. The second kappa shape index (κ2) is 12.8. The predicted molar refractivity (Wildman–Crippen MR) is 44.8 cm³/mol. The van der Waals surface area contributed by atoms with E-state index in [-0.39, 0.29) is 5.78 Å². The van der Waals surface area contributed by atoms with Crippen LogP contribution in [0.2, 0.25) is 0 Å². The highest BCUT2D eigenvalue weighted by molar-refractivity contribution is 5.90. The van der Waals surface area contributed by atoms with Gasteiger partial charge in [-0.05, 0) is 18.9 Å². The van der Waals surface area contributed by atoms with E-state index in [1.165, 1.54) is 0 Å². The molecule has 0 aromatic rings. The quantitative estimate of drug-likeness (QED) is 0.433. The molecule has 1 rings (SSSR count). The molecule has 13 heavy (non-hydrogen) atoms. The Morgan fingerprint density at radius 2 is 1.69 bits per heavy atom. The number of isocyanates is 2. The van der Waals surface area contributed by atoms with Crippen LogP contribution in [0, 0.1) is 10.8 Å². The van der Waals surface area contributed by atoms with Crippen LogP contribution in [0.3, 0.4) is 0 Å². The molecule has 0 atom stereocenters. The number of allylic oxidation sites excluding steroid dienone is 2. The van der Waals surface area contributed by atoms with E-state index in [1.807, 2.05) is 6.08 Å². The van der Waals surface area contributed by atoms with E-state index >= 15 is 0 Å². The van der Waals surface area contributed by atoms with Crippen molar-refractivity contribution in [3.8, 4) is 0 Å². The molecule has 0 aromatic heterocycles. The largest absolute Gasteiger partial charge is 0.295 e. The number of ketones is 1. The smallest absolute Gasteiger partial charge is 0.231 e. The molecular formula is C8H10N2O3. The van der Waals surface area contributed by atoms with Crippen LogP contribution >= 0.6 is 0 Å². The fourth-order valence-corrected chi connectivity index (χ4v) is 0.692. The summed E-state index contributed by atoms with van der Waals surface area (Å²) in [6.07, 6.45) is 8.01. The lowest BCUT2D eigenvalue weighted by Gasteiger charge is -1.97. The van der Waals surface area contributed by atoms with Gasteiger partial charge in [-0.25, -0.2) is 20.4 Å². The van der Waals surface area contributed by atoms with Crippen LogP contribution in [-0.2, 0) is 14.4 Å². The number of carbonyl (C=O) groups is 1. The van der Waals surface area contributed by atoms with Gasteiger partial charge in [0.2, 0.25) is 12.2 Å². The Morgan fingerprint density at radius 1 is 1.23 bits per heavy atom. The molecule has 5 nitrogen and oxygen atoms in total. The number of rotatable bonds is 0. The van der Waals surface area contributed by atoms with Crippen molar-refractivity contribution in [2.75, 3.05) is 0 Å². The van der Waals surface area contributed by atoms with Crippen molar-refractivity contribution in [3.63, 3.8) is 0 Å². The number of nitrogens with one attached hydrogen (secondary N) is 2. The van der Waals surface area contributed by atoms with Gasteiger partial charge in [-0.1, -0.05) is 6.08 Å². The first-order chi connectivity index (χ1) is 6.22. The maximum absolute atomic E-state index is 10.4. The Bertz CT molecular complexity index is 222. The normalized spacial score (nSPS) is 12.2. The topological polar surface area (TPSA) is 98.9 Å². The number of hydrogen-bond acceptors (Lipinski definition) is 5. The van der Waals surface area contributed by atoms with Crippen molar-refractivity contribution in [1.29, 1.82) is 10.8 Å². The Balaban J connectivity index is 0. The maximum Gasteiger partial charge on any atom is 0.231 e. The molecule has 70 valence electrons. The van der Waals surface area contributed by atoms with E-state index in [0.29, 0.717) is 0 Å². The third-order valence-electron chi connectivity index (χ3n) is 1.10. The minimum absolute atomic E-state index is 0.284. The Kier molecular flexibility index (Phi) is 13.5. The standard InChI is InChI=1S/C6H8O.2CHNO/c7-6-4-2-1-3-5-6;2*2-1-3/h2,4H,1,3,5H2;2*2H. The van der Waals surface area contributed by atoms with E-state index in [9.17, 15) is 4.79 Å². The Hall–Kier alpha value is -1.83. The summed E-state index contributed by atoms with van der Waals surface area (Å²) < 4.78 is 0. The van der Waals surface area contributed by atoms with Crippen LogP contribution in [0.5, 0.6) is 0 Å². The minimum Gasteiger partial charge on any atom is -0.295 e. The zero-order valence-electron chi connectivity index (χ0n) is 7.00. The maximum atomic E-state index is 10.4. The van der Waals surface area contributed by atoms with Crippen LogP contribution in [0.1, 0.15) is 19.3 Å². The highest BCUT2D eigenvalue weighted by Gasteiger charge is 1.98. The summed E-state index contributed by atoms with van der Waals surface area (Å²) in [4.78, 5) is 27.1. The van der Waals surface area contributed by atoms with Gasteiger partial charge in [0.25, 0.3) is 0 Å². The summed E-state index contributed by atoms with van der Waals surface area (Å²) in [5.41, 5.74) is 0. The van der Waals surface area contributed by atoms with Gasteiger partial charge >= 0.3 is 0 Å². The van der Waals surface area contributed by atoms with Crippen molar-refractivity contribution in [2.24, 2.45) is 0 Å². The molecule has 2 N–H and O–H groups in total. The van der Waals surface area contributed by atoms with Gasteiger partial charge in [-0.15, -0.1) is 0 Å². The third-order valence-corrected chi connectivity index (χ3v) is 1.10. The molecule has 0 bridgehead atoms. The fourth-order valence-electron chi connectivity index (χ4n) is 0.692. The molecule has 0 saturated carbocycles. The second-order valence-corrected chi connectivity index (χ2v) is 1.97. The zero-order chi connectivity index (χ0) is 10.5. The zero-order valence-corrected chi connectivity index (χ0v) is 7.00. The molecule has 0 radical (unpaired) electrons. The molecule has 0 heterocycles. The first kappa shape index (κ1) is 13.7. The Labute approximate surface area is 75.5 Å². The molecule has 0 aromatic carbocycles. The average Bonchev–Trinajstić information content (AvgIpc) is 2.08. The van der Waals surface area contributed by atoms with Gasteiger partial charge in [0, 0.05) is 6.42 Å². The lowest BCUT2D eigenvalue weighted by atomic mass is 10.1. The summed E-state index contributed by atoms with van der Waals surface area (Å²) in [6.45, 7) is 0. The van der Waals surface area contributed by atoms with Crippen molar-refractivity contribution >= 4 is 17.9 Å². The van der Waals surface area contributed by atoms with E-state index in [0.717, 1.165) is 31.4 Å². The SMILES string of the molecule is N=C=O.N=C=O.O=C1C=CCCC1. The summed E-state index contributed by atoms with van der Waals surface area (Å²) in [6, 6.07) is 0. The van der Waals surface area contributed by atoms with E-state index in [2.05, 4.69) is 0 Å². The van der Waals surface area contributed by atoms with Crippen LogP contribution in [-0.4, -0.2) is 17.9 Å². The van der Waals surface area contributed by atoms with Gasteiger partial charge < -0.3 is 0 Å². The molecule has 0 amide bonds. The Morgan fingerprint density at radius 3 is 1.85 bits per heavy atom. The molecule has 0 unspecified atom stereocenters. The molecule has 1 aliphatic rings. The fraction of sp³-hybridized carbons (Fsp3) is 0.375. The van der Waals surface area contributed by atoms with Crippen LogP contribution in [0.25, 0.3) is 0 Å². The molecule has 0 spiro atoms. The minimum atomic E-state index is 0.284. The van der Waals surface area contributed by atoms with Crippen molar-refractivity contribution < 1.29 is 14.4 Å². The second-order valence-electron chi connectivity index (χ2n) is 1.97. The molecule has 0 aliphatic heterocycles. The van der Waals surface area contributed by atoms with Gasteiger partial charge in [-0.2, -0.15) is 0 Å². The van der Waals surface area contributed by atoms with Crippen molar-refractivity contribution in [1.82, 2.24) is 0 Å². The monoisotopic (exact) mass is 182 g/mol. The highest BCUT2D eigenvalue weighted by atomic mass is 16.1. The van der Waals surface area contributed by atoms with Crippen molar-refractivity contribution in [3.05, 3.63) is 12.2 Å². The third kappa shape index (κ3) is 17.8. The van der Waals surface area contributed by atoms with Crippen LogP contribution in [0.15, 0.2) is 12.2 Å². The lowest BCUT2D eigenvalue weighted by molar-refractivity contribution is -0.114. The molecule has 0 fully saturated rings. The summed E-state index contributed by atoms with van der Waals surface area (Å²) in [5, 5.41) is 10.8. The number of carbonyl (C=O) groups excluding carboxylic acids is 3. The molecule has 5 heteroatoms. The summed E-state index contributed by atoms with van der Waals surface area (Å²) >= 11 is 0.